The van der Waals surface area contributed by atoms with E-state index in [1.54, 1.807) is 0 Å². The summed E-state index contributed by atoms with van der Waals surface area (Å²) >= 11 is 0. The molecule has 0 bridgehead atoms. The maximum absolute atomic E-state index is 11.1. The van der Waals surface area contributed by atoms with Gasteiger partial charge in [-0.1, -0.05) is 72.6 Å². The van der Waals surface area contributed by atoms with Gasteiger partial charge in [0.2, 0.25) is 0 Å². The molecule has 0 aliphatic carbocycles. The van der Waals surface area contributed by atoms with Gasteiger partial charge in [-0.25, -0.2) is 4.79 Å². The molecule has 0 fully saturated rings. The minimum atomic E-state index is -1.27. The van der Waals surface area contributed by atoms with E-state index in [0.29, 0.717) is 0 Å². The van der Waals surface area contributed by atoms with Crippen LogP contribution in [0.25, 0.3) is 0 Å². The molecule has 4 atom stereocenters. The van der Waals surface area contributed by atoms with Crippen molar-refractivity contribution in [2.24, 2.45) is 11.8 Å². The first-order chi connectivity index (χ1) is 11.0. The molecule has 4 nitrogen and oxygen atoms in total. The van der Waals surface area contributed by atoms with Gasteiger partial charge in [0.25, 0.3) is 0 Å². The molecule has 0 heterocycles. The Morgan fingerprint density at radius 2 is 1.35 bits per heavy atom. The Kier molecular flexibility index (Phi) is 13.2. The fourth-order valence-electron chi connectivity index (χ4n) is 3.36. The number of unbranched alkanes of at least 4 members (excludes halogenated alkanes) is 4. The van der Waals surface area contributed by atoms with Crippen molar-refractivity contribution >= 4 is 6.16 Å². The zero-order valence-electron chi connectivity index (χ0n) is 15.6. The maximum atomic E-state index is 11.1. The molecule has 4 heteroatoms. The first kappa shape index (κ1) is 22.2. The van der Waals surface area contributed by atoms with E-state index in [1.807, 2.05) is 0 Å². The standard InChI is InChI=1S/C19H38O4/c1-5-9-11-13-15(7-3)17(20)18(23-19(21)22)16(8-4)14-12-10-6-2/h15-18,20H,5-14H2,1-4H3,(H,21,22). The first-order valence-electron chi connectivity index (χ1n) is 9.59. The highest BCUT2D eigenvalue weighted by Crippen LogP contribution is 2.29. The molecule has 0 spiro atoms. The van der Waals surface area contributed by atoms with Gasteiger partial charge in [0.05, 0.1) is 6.10 Å². The van der Waals surface area contributed by atoms with Gasteiger partial charge in [0, 0.05) is 0 Å². The van der Waals surface area contributed by atoms with Crippen molar-refractivity contribution in [3.63, 3.8) is 0 Å². The van der Waals surface area contributed by atoms with E-state index < -0.39 is 18.4 Å². The number of carboxylic acid groups (broad SMARTS) is 1. The second-order valence-electron chi connectivity index (χ2n) is 6.67. The lowest BCUT2D eigenvalue weighted by molar-refractivity contribution is -0.0741. The predicted molar refractivity (Wildman–Crippen MR) is 94.8 cm³/mol. The highest BCUT2D eigenvalue weighted by atomic mass is 16.7. The SMILES string of the molecule is CCCCCC(CC)C(O)C(OC(=O)O)C(CC)CCCCC. The summed E-state index contributed by atoms with van der Waals surface area (Å²) in [6, 6.07) is 0. The van der Waals surface area contributed by atoms with Crippen LogP contribution in [0.3, 0.4) is 0 Å². The van der Waals surface area contributed by atoms with Crippen molar-refractivity contribution in [1.82, 2.24) is 0 Å². The minimum absolute atomic E-state index is 0.105. The lowest BCUT2D eigenvalue weighted by atomic mass is 9.82. The second kappa shape index (κ2) is 13.6. The van der Waals surface area contributed by atoms with Gasteiger partial charge in [-0.2, -0.15) is 0 Å². The zero-order valence-corrected chi connectivity index (χ0v) is 15.6. The average molecular weight is 331 g/mol. The predicted octanol–water partition coefficient (Wildman–Crippen LogP) is 5.62. The Hall–Kier alpha value is -0.770. The molecule has 4 unspecified atom stereocenters. The summed E-state index contributed by atoms with van der Waals surface area (Å²) in [4.78, 5) is 11.1. The summed E-state index contributed by atoms with van der Waals surface area (Å²) < 4.78 is 5.15. The van der Waals surface area contributed by atoms with Crippen LogP contribution in [-0.2, 0) is 4.74 Å². The van der Waals surface area contributed by atoms with Gasteiger partial charge < -0.3 is 14.9 Å². The molecule has 0 aliphatic heterocycles. The third-order valence-electron chi connectivity index (χ3n) is 4.93. The van der Waals surface area contributed by atoms with Gasteiger partial charge in [-0.3, -0.25) is 0 Å². The third-order valence-corrected chi connectivity index (χ3v) is 4.93. The number of hydrogen-bond donors (Lipinski definition) is 2. The highest BCUT2D eigenvalue weighted by molar-refractivity contribution is 5.57. The molecule has 2 N–H and O–H groups in total. The third kappa shape index (κ3) is 9.19. The van der Waals surface area contributed by atoms with Crippen molar-refractivity contribution < 1.29 is 19.7 Å². The highest BCUT2D eigenvalue weighted by Gasteiger charge is 2.34. The fraction of sp³-hybridized carbons (Fsp3) is 0.947. The Labute approximate surface area is 142 Å². The lowest BCUT2D eigenvalue weighted by Crippen LogP contribution is -2.42. The van der Waals surface area contributed by atoms with Crippen LogP contribution in [0.1, 0.15) is 91.9 Å². The largest absolute Gasteiger partial charge is 0.506 e. The molecule has 0 saturated heterocycles. The van der Waals surface area contributed by atoms with Crippen molar-refractivity contribution in [3.8, 4) is 0 Å². The normalized spacial score (nSPS) is 16.6. The second-order valence-corrected chi connectivity index (χ2v) is 6.67. The zero-order chi connectivity index (χ0) is 17.7. The topological polar surface area (TPSA) is 66.8 Å². The van der Waals surface area contributed by atoms with E-state index in [9.17, 15) is 9.90 Å². The fourth-order valence-corrected chi connectivity index (χ4v) is 3.36. The molecule has 0 aromatic rings. The van der Waals surface area contributed by atoms with E-state index in [0.717, 1.165) is 64.2 Å². The van der Waals surface area contributed by atoms with Gasteiger partial charge in [-0.15, -0.1) is 0 Å². The Bertz CT molecular complexity index is 293. The molecule has 0 radical (unpaired) electrons. The number of aliphatic hydroxyl groups is 1. The molecule has 0 saturated carbocycles. The Morgan fingerprint density at radius 3 is 1.74 bits per heavy atom. The molecular weight excluding hydrogens is 292 g/mol. The summed E-state index contributed by atoms with van der Waals surface area (Å²) in [7, 11) is 0. The smallest absolute Gasteiger partial charge is 0.450 e. The van der Waals surface area contributed by atoms with Crippen LogP contribution in [0.4, 0.5) is 4.79 Å². The van der Waals surface area contributed by atoms with Crippen LogP contribution in [0.15, 0.2) is 0 Å². The molecular formula is C19H38O4. The monoisotopic (exact) mass is 330 g/mol. The Balaban J connectivity index is 4.89. The van der Waals surface area contributed by atoms with Crippen molar-refractivity contribution in [1.29, 1.82) is 0 Å². The van der Waals surface area contributed by atoms with Crippen LogP contribution in [0.2, 0.25) is 0 Å². The number of hydrogen-bond acceptors (Lipinski definition) is 3. The van der Waals surface area contributed by atoms with E-state index in [-0.39, 0.29) is 11.8 Å². The van der Waals surface area contributed by atoms with E-state index in [1.165, 1.54) is 0 Å². The summed E-state index contributed by atoms with van der Waals surface area (Å²) in [6.45, 7) is 8.44. The number of ether oxygens (including phenoxy) is 1. The summed E-state index contributed by atoms with van der Waals surface area (Å²) in [6.07, 6.45) is 7.72. The van der Waals surface area contributed by atoms with Gasteiger partial charge in [0.15, 0.2) is 0 Å². The molecule has 23 heavy (non-hydrogen) atoms. The summed E-state index contributed by atoms with van der Waals surface area (Å²) in [5.74, 6) is 0.221. The summed E-state index contributed by atoms with van der Waals surface area (Å²) in [5.41, 5.74) is 0. The Morgan fingerprint density at radius 1 is 0.870 bits per heavy atom. The number of carbonyl (C=O) groups is 1. The molecule has 0 amide bonds. The van der Waals surface area contributed by atoms with Crippen molar-refractivity contribution in [3.05, 3.63) is 0 Å². The summed E-state index contributed by atoms with van der Waals surface area (Å²) in [5, 5.41) is 19.9. The van der Waals surface area contributed by atoms with E-state index >= 15 is 0 Å². The van der Waals surface area contributed by atoms with Crippen LogP contribution in [0.5, 0.6) is 0 Å². The maximum Gasteiger partial charge on any atom is 0.506 e. The molecule has 0 aromatic carbocycles. The molecule has 0 aliphatic rings. The average Bonchev–Trinajstić information content (AvgIpc) is 2.53. The van der Waals surface area contributed by atoms with Crippen molar-refractivity contribution in [2.75, 3.05) is 0 Å². The van der Waals surface area contributed by atoms with Gasteiger partial charge in [0.1, 0.15) is 6.10 Å². The van der Waals surface area contributed by atoms with Crippen molar-refractivity contribution in [2.45, 2.75) is 104 Å². The van der Waals surface area contributed by atoms with E-state index in [2.05, 4.69) is 27.7 Å². The molecule has 138 valence electrons. The van der Waals surface area contributed by atoms with E-state index in [4.69, 9.17) is 9.84 Å². The van der Waals surface area contributed by atoms with Crippen LogP contribution >= 0.6 is 0 Å². The van der Waals surface area contributed by atoms with Crippen LogP contribution in [-0.4, -0.2) is 28.6 Å². The lowest BCUT2D eigenvalue weighted by Gasteiger charge is -2.33. The van der Waals surface area contributed by atoms with Crippen LogP contribution < -0.4 is 0 Å². The number of rotatable bonds is 14. The first-order valence-corrected chi connectivity index (χ1v) is 9.59. The number of aliphatic hydroxyl groups excluding tert-OH is 1. The molecule has 0 aromatic heterocycles. The minimum Gasteiger partial charge on any atom is -0.450 e. The quantitative estimate of drug-likeness (QED) is 0.320. The van der Waals surface area contributed by atoms with Crippen LogP contribution in [0, 0.1) is 11.8 Å². The van der Waals surface area contributed by atoms with Gasteiger partial charge in [-0.05, 0) is 31.1 Å². The van der Waals surface area contributed by atoms with Gasteiger partial charge >= 0.3 is 6.16 Å². The molecule has 0 rings (SSSR count).